The molecule has 9 heteroatoms. The first-order valence-electron chi connectivity index (χ1n) is 8.65. The summed E-state index contributed by atoms with van der Waals surface area (Å²) in [5.74, 6) is -0.0247. The molecule has 2 rings (SSSR count). The zero-order valence-corrected chi connectivity index (χ0v) is 16.0. The molecule has 0 unspecified atom stereocenters. The summed E-state index contributed by atoms with van der Waals surface area (Å²) in [7, 11) is 1.50. The van der Waals surface area contributed by atoms with Crippen LogP contribution in [0.2, 0.25) is 0 Å². The van der Waals surface area contributed by atoms with Gasteiger partial charge in [0, 0.05) is 20.1 Å². The number of carbonyl (C=O) groups excluding carboxylic acids is 3. The van der Waals surface area contributed by atoms with Crippen LogP contribution in [0.1, 0.15) is 49.2 Å². The number of nitrogens with zero attached hydrogens (tertiary/aromatic N) is 3. The van der Waals surface area contributed by atoms with Crippen molar-refractivity contribution in [3.8, 4) is 0 Å². The van der Waals surface area contributed by atoms with Gasteiger partial charge in [0.25, 0.3) is 5.91 Å². The summed E-state index contributed by atoms with van der Waals surface area (Å²) in [5, 5.41) is 5.00. The lowest BCUT2D eigenvalue weighted by atomic mass is 10.2. The Morgan fingerprint density at radius 3 is 2.54 bits per heavy atom. The maximum absolute atomic E-state index is 12.5. The van der Waals surface area contributed by atoms with E-state index in [0.717, 1.165) is 6.42 Å². The van der Waals surface area contributed by atoms with Crippen molar-refractivity contribution in [2.24, 2.45) is 0 Å². The number of fused-ring (bicyclic) bond motifs is 1. The molecule has 2 N–H and O–H groups in total. The Hall–Kier alpha value is -2.58. The van der Waals surface area contributed by atoms with Crippen molar-refractivity contribution in [3.63, 3.8) is 0 Å². The fraction of sp³-hybridized carbons (Fsp3) is 0.647. The molecule has 3 amide bonds. The molecule has 2 heterocycles. The number of rotatable bonds is 3. The van der Waals surface area contributed by atoms with Gasteiger partial charge in [0.1, 0.15) is 11.4 Å². The first kappa shape index (κ1) is 19.7. The number of hydrogen-bond acceptors (Lipinski definition) is 5. The highest BCUT2D eigenvalue weighted by molar-refractivity contribution is 5.96. The molecule has 0 aliphatic carbocycles. The quantitative estimate of drug-likeness (QED) is 0.824. The second kappa shape index (κ2) is 7.76. The maximum atomic E-state index is 12.5. The summed E-state index contributed by atoms with van der Waals surface area (Å²) in [5.41, 5.74) is 0.301. The summed E-state index contributed by atoms with van der Waals surface area (Å²) in [4.78, 5) is 42.2. The van der Waals surface area contributed by atoms with Gasteiger partial charge in [0.15, 0.2) is 5.69 Å². The van der Waals surface area contributed by atoms with Crippen molar-refractivity contribution < 1.29 is 19.1 Å². The topological polar surface area (TPSA) is 106 Å². The molecular weight excluding hydrogens is 338 g/mol. The minimum absolute atomic E-state index is 0.129. The van der Waals surface area contributed by atoms with E-state index in [1.807, 2.05) is 32.3 Å². The third-order valence-electron chi connectivity index (χ3n) is 3.97. The molecule has 0 radical (unpaired) electrons. The largest absolute Gasteiger partial charge is 0.444 e. The highest BCUT2D eigenvalue weighted by atomic mass is 16.6. The van der Waals surface area contributed by atoms with E-state index in [-0.39, 0.29) is 24.7 Å². The lowest BCUT2D eigenvalue weighted by Gasteiger charge is -2.26. The Labute approximate surface area is 153 Å². The molecule has 0 aromatic carbocycles. The Bertz CT molecular complexity index is 705. The third-order valence-corrected chi connectivity index (χ3v) is 3.97. The van der Waals surface area contributed by atoms with Crippen LogP contribution in [0, 0.1) is 6.92 Å². The molecular formula is C17H27N5O4. The standard InChI is InChI=1S/C17H27N5O4/c1-11-20-14(15(24)19-9-13(23)18-5)12-10-21(7-6-8-22(11)12)16(25)26-17(2,3)4/h6-10H2,1-5H3,(H,18,23)(H,19,24). The fourth-order valence-corrected chi connectivity index (χ4v) is 2.74. The second-order valence-corrected chi connectivity index (χ2v) is 7.22. The number of likely N-dealkylation sites (N-methyl/N-ethyl adjacent to an activating group) is 1. The molecule has 0 bridgehead atoms. The van der Waals surface area contributed by atoms with Crippen LogP contribution in [0.15, 0.2) is 0 Å². The van der Waals surface area contributed by atoms with Gasteiger partial charge in [-0.2, -0.15) is 0 Å². The Morgan fingerprint density at radius 1 is 1.23 bits per heavy atom. The zero-order valence-electron chi connectivity index (χ0n) is 16.0. The van der Waals surface area contributed by atoms with Gasteiger partial charge >= 0.3 is 6.09 Å². The van der Waals surface area contributed by atoms with Gasteiger partial charge in [0.2, 0.25) is 5.91 Å². The average molecular weight is 365 g/mol. The smallest absolute Gasteiger partial charge is 0.410 e. The van der Waals surface area contributed by atoms with Gasteiger partial charge < -0.3 is 24.8 Å². The zero-order chi connectivity index (χ0) is 19.5. The maximum Gasteiger partial charge on any atom is 0.410 e. The van der Waals surface area contributed by atoms with E-state index >= 15 is 0 Å². The number of imidazole rings is 1. The van der Waals surface area contributed by atoms with Crippen LogP contribution >= 0.6 is 0 Å². The van der Waals surface area contributed by atoms with Crippen LogP contribution in [-0.4, -0.2) is 58.1 Å². The number of amides is 3. The van der Waals surface area contributed by atoms with Gasteiger partial charge in [-0.1, -0.05) is 0 Å². The van der Waals surface area contributed by atoms with E-state index < -0.39 is 17.6 Å². The molecule has 0 saturated heterocycles. The van der Waals surface area contributed by atoms with Gasteiger partial charge in [-0.15, -0.1) is 0 Å². The first-order valence-corrected chi connectivity index (χ1v) is 8.65. The minimum Gasteiger partial charge on any atom is -0.444 e. The summed E-state index contributed by atoms with van der Waals surface area (Å²) in [6, 6.07) is 0. The Balaban J connectivity index is 2.22. The average Bonchev–Trinajstić information content (AvgIpc) is 2.73. The fourth-order valence-electron chi connectivity index (χ4n) is 2.74. The molecule has 26 heavy (non-hydrogen) atoms. The lowest BCUT2D eigenvalue weighted by molar-refractivity contribution is -0.119. The number of aromatic nitrogens is 2. The van der Waals surface area contributed by atoms with Crippen molar-refractivity contribution in [1.29, 1.82) is 0 Å². The van der Waals surface area contributed by atoms with E-state index in [4.69, 9.17) is 4.74 Å². The minimum atomic E-state index is -0.590. The normalized spacial score (nSPS) is 14.3. The lowest BCUT2D eigenvalue weighted by Crippen LogP contribution is -2.38. The van der Waals surface area contributed by atoms with Crippen molar-refractivity contribution in [2.75, 3.05) is 20.1 Å². The number of hydrogen-bond donors (Lipinski definition) is 2. The Kier molecular flexibility index (Phi) is 5.89. The van der Waals surface area contributed by atoms with E-state index in [1.165, 1.54) is 7.05 Å². The monoisotopic (exact) mass is 365 g/mol. The third kappa shape index (κ3) is 4.74. The second-order valence-electron chi connectivity index (χ2n) is 7.22. The molecule has 144 valence electrons. The first-order chi connectivity index (χ1) is 12.1. The molecule has 1 aliphatic rings. The number of carbonyl (C=O) groups is 3. The van der Waals surface area contributed by atoms with Crippen molar-refractivity contribution >= 4 is 17.9 Å². The molecule has 1 aromatic heterocycles. The van der Waals surface area contributed by atoms with E-state index in [9.17, 15) is 14.4 Å². The van der Waals surface area contributed by atoms with Crippen LogP contribution in [0.5, 0.6) is 0 Å². The van der Waals surface area contributed by atoms with Crippen LogP contribution in [0.4, 0.5) is 4.79 Å². The summed E-state index contributed by atoms with van der Waals surface area (Å²) < 4.78 is 7.40. The molecule has 9 nitrogen and oxygen atoms in total. The van der Waals surface area contributed by atoms with E-state index in [0.29, 0.717) is 24.6 Å². The summed E-state index contributed by atoms with van der Waals surface area (Å²) in [6.45, 7) is 8.57. The molecule has 0 saturated carbocycles. The molecule has 0 atom stereocenters. The van der Waals surface area contributed by atoms with E-state index in [2.05, 4.69) is 15.6 Å². The van der Waals surface area contributed by atoms with E-state index in [1.54, 1.807) is 4.90 Å². The van der Waals surface area contributed by atoms with Crippen molar-refractivity contribution in [3.05, 3.63) is 17.2 Å². The molecule has 0 fully saturated rings. The van der Waals surface area contributed by atoms with Crippen LogP contribution in [0.3, 0.4) is 0 Å². The van der Waals surface area contributed by atoms with Crippen molar-refractivity contribution in [2.45, 2.75) is 52.8 Å². The summed E-state index contributed by atoms with van der Waals surface area (Å²) in [6.07, 6.45) is 0.324. The number of ether oxygens (including phenoxy) is 1. The van der Waals surface area contributed by atoms with Crippen LogP contribution in [0.25, 0.3) is 0 Å². The van der Waals surface area contributed by atoms with Gasteiger partial charge in [-0.25, -0.2) is 9.78 Å². The highest BCUT2D eigenvalue weighted by Crippen LogP contribution is 2.21. The predicted molar refractivity (Wildman–Crippen MR) is 94.6 cm³/mol. The molecule has 1 aliphatic heterocycles. The number of nitrogens with one attached hydrogen (secondary N) is 2. The molecule has 1 aromatic rings. The highest BCUT2D eigenvalue weighted by Gasteiger charge is 2.29. The van der Waals surface area contributed by atoms with Gasteiger partial charge in [-0.05, 0) is 34.1 Å². The van der Waals surface area contributed by atoms with Crippen LogP contribution < -0.4 is 10.6 Å². The van der Waals surface area contributed by atoms with Gasteiger partial charge in [0.05, 0.1) is 18.8 Å². The Morgan fingerprint density at radius 2 is 1.92 bits per heavy atom. The van der Waals surface area contributed by atoms with Crippen LogP contribution in [-0.2, 0) is 22.6 Å². The van der Waals surface area contributed by atoms with Crippen molar-refractivity contribution in [1.82, 2.24) is 25.1 Å². The predicted octanol–water partition coefficient (Wildman–Crippen LogP) is 0.808. The summed E-state index contributed by atoms with van der Waals surface area (Å²) >= 11 is 0. The van der Waals surface area contributed by atoms with Gasteiger partial charge in [-0.3, -0.25) is 9.59 Å². The number of aryl methyl sites for hydroxylation is 1. The SMILES string of the molecule is CNC(=O)CNC(=O)c1nc(C)n2c1CN(C(=O)OC(C)(C)C)CCC2. The molecule has 0 spiro atoms.